The van der Waals surface area contributed by atoms with Crippen molar-refractivity contribution in [2.75, 3.05) is 19.3 Å². The quantitative estimate of drug-likeness (QED) is 0.716. The fraction of sp³-hybridized carbons (Fsp3) is 0.750. The van der Waals surface area contributed by atoms with Crippen LogP contribution in [0.15, 0.2) is 0 Å². The van der Waals surface area contributed by atoms with E-state index in [4.69, 9.17) is 5.11 Å². The lowest BCUT2D eigenvalue weighted by atomic mass is 10.5. The number of carboxylic acids is 1. The number of aliphatic carboxylic acids is 1. The van der Waals surface area contributed by atoms with Crippen molar-refractivity contribution < 1.29 is 14.7 Å². The van der Waals surface area contributed by atoms with E-state index in [-0.39, 0.29) is 12.5 Å². The average molecular weight is 205 g/mol. The van der Waals surface area contributed by atoms with Crippen LogP contribution in [0, 0.1) is 0 Å². The Kier molecular flexibility index (Phi) is 5.53. The van der Waals surface area contributed by atoms with Crippen molar-refractivity contribution in [2.45, 2.75) is 19.1 Å². The second-order valence-corrected chi connectivity index (χ2v) is 4.57. The Balaban J connectivity index is 3.76. The van der Waals surface area contributed by atoms with Crippen LogP contribution in [0.2, 0.25) is 0 Å². The predicted molar refractivity (Wildman–Crippen MR) is 52.9 cm³/mol. The monoisotopic (exact) mass is 205 g/mol. The molecule has 0 aromatic carbocycles. The largest absolute Gasteiger partial charge is 0.480 e. The summed E-state index contributed by atoms with van der Waals surface area (Å²) in [4.78, 5) is 22.7. The number of hydrogen-bond acceptors (Lipinski definition) is 3. The fourth-order valence-corrected chi connectivity index (χ4v) is 1.34. The number of carbonyl (C=O) groups excluding carboxylic acids is 1. The maximum absolute atomic E-state index is 11.2. The molecule has 1 N–H and O–H groups in total. The highest BCUT2D eigenvalue weighted by Gasteiger charge is 2.12. The van der Waals surface area contributed by atoms with E-state index < -0.39 is 5.97 Å². The van der Waals surface area contributed by atoms with E-state index in [1.165, 1.54) is 23.7 Å². The van der Waals surface area contributed by atoms with Crippen molar-refractivity contribution in [1.82, 2.24) is 4.90 Å². The highest BCUT2D eigenvalue weighted by molar-refractivity contribution is 8.00. The van der Waals surface area contributed by atoms with Crippen molar-refractivity contribution in [3.63, 3.8) is 0 Å². The van der Waals surface area contributed by atoms with Gasteiger partial charge in [0.1, 0.15) is 6.54 Å². The standard InChI is InChI=1S/C8H15NO3S/c1-6(2)13-5-7(10)9(3)4-8(11)12/h6H,4-5H2,1-3H3,(H,11,12). The third kappa shape index (κ3) is 6.45. The van der Waals surface area contributed by atoms with Crippen LogP contribution in [0.3, 0.4) is 0 Å². The van der Waals surface area contributed by atoms with Gasteiger partial charge in [-0.3, -0.25) is 9.59 Å². The molecule has 0 aliphatic carbocycles. The van der Waals surface area contributed by atoms with Gasteiger partial charge in [-0.05, 0) is 5.25 Å². The normalized spacial score (nSPS) is 10.2. The summed E-state index contributed by atoms with van der Waals surface area (Å²) in [7, 11) is 1.50. The van der Waals surface area contributed by atoms with Crippen molar-refractivity contribution in [3.8, 4) is 0 Å². The maximum atomic E-state index is 11.2. The molecule has 0 atom stereocenters. The zero-order chi connectivity index (χ0) is 10.4. The van der Waals surface area contributed by atoms with Crippen molar-refractivity contribution in [3.05, 3.63) is 0 Å². The van der Waals surface area contributed by atoms with Gasteiger partial charge in [-0.15, -0.1) is 11.8 Å². The van der Waals surface area contributed by atoms with Gasteiger partial charge in [-0.1, -0.05) is 13.8 Å². The second kappa shape index (κ2) is 5.85. The van der Waals surface area contributed by atoms with Crippen LogP contribution in [0.5, 0.6) is 0 Å². The molecule has 0 radical (unpaired) electrons. The minimum absolute atomic E-state index is 0.138. The molecule has 0 fully saturated rings. The molecule has 5 heteroatoms. The molecule has 0 aliphatic heterocycles. The first-order chi connectivity index (χ1) is 5.93. The Morgan fingerprint density at radius 1 is 1.46 bits per heavy atom. The lowest BCUT2D eigenvalue weighted by Crippen LogP contribution is -2.33. The summed E-state index contributed by atoms with van der Waals surface area (Å²) in [6.45, 7) is 3.77. The average Bonchev–Trinajstić information content (AvgIpc) is 1.98. The Hall–Kier alpha value is -0.710. The highest BCUT2D eigenvalue weighted by atomic mass is 32.2. The number of hydrogen-bond donors (Lipinski definition) is 1. The summed E-state index contributed by atoms with van der Waals surface area (Å²) in [5.74, 6) is -0.770. The second-order valence-electron chi connectivity index (χ2n) is 3.00. The molecule has 0 heterocycles. The molecule has 4 nitrogen and oxygen atoms in total. The molecule has 0 aromatic heterocycles. The third-order valence-electron chi connectivity index (χ3n) is 1.34. The summed E-state index contributed by atoms with van der Waals surface area (Å²) in [6, 6.07) is 0. The lowest BCUT2D eigenvalue weighted by Gasteiger charge is -2.14. The first-order valence-corrected chi connectivity index (χ1v) is 5.05. The molecular weight excluding hydrogens is 190 g/mol. The van der Waals surface area contributed by atoms with Crippen molar-refractivity contribution >= 4 is 23.6 Å². The van der Waals surface area contributed by atoms with E-state index in [1.54, 1.807) is 0 Å². The Labute approximate surface area is 82.3 Å². The Morgan fingerprint density at radius 3 is 2.38 bits per heavy atom. The number of nitrogens with zero attached hydrogens (tertiary/aromatic N) is 1. The molecule has 0 saturated carbocycles. The Morgan fingerprint density at radius 2 is 2.00 bits per heavy atom. The van der Waals surface area contributed by atoms with Crippen LogP contribution in [-0.2, 0) is 9.59 Å². The molecule has 1 amide bonds. The Bertz CT molecular complexity index is 194. The van der Waals surface area contributed by atoms with E-state index in [2.05, 4.69) is 0 Å². The summed E-state index contributed by atoms with van der Waals surface area (Å²) >= 11 is 1.51. The van der Waals surface area contributed by atoms with Gasteiger partial charge < -0.3 is 10.0 Å². The van der Waals surface area contributed by atoms with Crippen LogP contribution in [0.25, 0.3) is 0 Å². The van der Waals surface area contributed by atoms with Gasteiger partial charge in [0.2, 0.25) is 5.91 Å². The molecule has 13 heavy (non-hydrogen) atoms. The van der Waals surface area contributed by atoms with Crippen molar-refractivity contribution in [1.29, 1.82) is 0 Å². The number of carboxylic acid groups (broad SMARTS) is 1. The van der Waals surface area contributed by atoms with Crippen LogP contribution in [0.4, 0.5) is 0 Å². The number of likely N-dealkylation sites (N-methyl/N-ethyl adjacent to an activating group) is 1. The smallest absolute Gasteiger partial charge is 0.323 e. The molecule has 0 spiro atoms. The summed E-state index contributed by atoms with van der Waals surface area (Å²) in [6.07, 6.45) is 0. The minimum Gasteiger partial charge on any atom is -0.480 e. The molecule has 0 aliphatic rings. The van der Waals surface area contributed by atoms with Gasteiger partial charge in [0.25, 0.3) is 0 Å². The molecule has 0 saturated heterocycles. The molecular formula is C8H15NO3S. The maximum Gasteiger partial charge on any atom is 0.323 e. The van der Waals surface area contributed by atoms with E-state index in [0.717, 1.165) is 0 Å². The van der Waals surface area contributed by atoms with Gasteiger partial charge >= 0.3 is 5.97 Å². The molecule has 0 unspecified atom stereocenters. The topological polar surface area (TPSA) is 57.6 Å². The van der Waals surface area contributed by atoms with Crippen molar-refractivity contribution in [2.24, 2.45) is 0 Å². The number of carbonyl (C=O) groups is 2. The minimum atomic E-state index is -0.981. The van der Waals surface area contributed by atoms with Gasteiger partial charge in [-0.2, -0.15) is 0 Å². The molecule has 76 valence electrons. The number of rotatable bonds is 5. The van der Waals surface area contributed by atoms with Crippen LogP contribution < -0.4 is 0 Å². The first-order valence-electron chi connectivity index (χ1n) is 4.01. The zero-order valence-electron chi connectivity index (χ0n) is 8.11. The summed E-state index contributed by atoms with van der Waals surface area (Å²) in [5, 5.41) is 8.80. The van der Waals surface area contributed by atoms with Crippen LogP contribution in [-0.4, -0.2) is 46.5 Å². The SMILES string of the molecule is CC(C)SCC(=O)N(C)CC(=O)O. The fourth-order valence-electron chi connectivity index (χ4n) is 0.639. The lowest BCUT2D eigenvalue weighted by molar-refractivity contribution is -0.142. The molecule has 0 rings (SSSR count). The van der Waals surface area contributed by atoms with E-state index in [9.17, 15) is 9.59 Å². The predicted octanol–water partition coefficient (Wildman–Crippen LogP) is 0.671. The summed E-state index contributed by atoms with van der Waals surface area (Å²) in [5.41, 5.74) is 0. The number of amides is 1. The highest BCUT2D eigenvalue weighted by Crippen LogP contribution is 2.09. The van der Waals surface area contributed by atoms with Gasteiger partial charge in [-0.25, -0.2) is 0 Å². The van der Waals surface area contributed by atoms with Gasteiger partial charge in [0.05, 0.1) is 5.75 Å². The van der Waals surface area contributed by atoms with Crippen LogP contribution in [0.1, 0.15) is 13.8 Å². The molecule has 0 aromatic rings. The van der Waals surface area contributed by atoms with Crippen LogP contribution >= 0.6 is 11.8 Å². The van der Waals surface area contributed by atoms with E-state index in [0.29, 0.717) is 11.0 Å². The van der Waals surface area contributed by atoms with Gasteiger partial charge in [0.15, 0.2) is 0 Å². The summed E-state index contributed by atoms with van der Waals surface area (Å²) < 4.78 is 0. The molecule has 0 bridgehead atoms. The first kappa shape index (κ1) is 12.3. The third-order valence-corrected chi connectivity index (χ3v) is 2.42. The van der Waals surface area contributed by atoms with Gasteiger partial charge in [0, 0.05) is 7.05 Å². The zero-order valence-corrected chi connectivity index (χ0v) is 8.93. The number of thioether (sulfide) groups is 1. The van der Waals surface area contributed by atoms with E-state index in [1.807, 2.05) is 13.8 Å². The van der Waals surface area contributed by atoms with E-state index >= 15 is 0 Å².